The van der Waals surface area contributed by atoms with Crippen LogP contribution in [0.5, 0.6) is 0 Å². The van der Waals surface area contributed by atoms with Crippen molar-refractivity contribution in [3.05, 3.63) is 0 Å². The van der Waals surface area contributed by atoms with Crippen LogP contribution in [-0.4, -0.2) is 91.1 Å². The summed E-state index contributed by atoms with van der Waals surface area (Å²) in [5.41, 5.74) is -0.827. The number of hydrogen-bond donors (Lipinski definition) is 0. The molecule has 0 heterocycles. The van der Waals surface area contributed by atoms with E-state index in [2.05, 4.69) is 48.5 Å². The van der Waals surface area contributed by atoms with Gasteiger partial charge in [-0.25, -0.2) is 0 Å². The topological polar surface area (TPSA) is 64.6 Å². The Bertz CT molecular complexity index is 521. The van der Waals surface area contributed by atoms with E-state index in [1.54, 1.807) is 14.2 Å². The molecule has 0 rings (SSSR count). The van der Waals surface area contributed by atoms with Gasteiger partial charge in [0.2, 0.25) is 0 Å². The average Bonchev–Trinajstić information content (AvgIpc) is 2.92. The first-order valence-corrected chi connectivity index (χ1v) is 16.3. The van der Waals surface area contributed by atoms with Crippen molar-refractivity contribution >= 4 is 12.0 Å². The lowest BCUT2D eigenvalue weighted by Crippen LogP contribution is -2.46. The van der Waals surface area contributed by atoms with Crippen LogP contribution in [0.4, 0.5) is 0 Å². The van der Waals surface area contributed by atoms with Crippen molar-refractivity contribution in [2.24, 2.45) is 10.8 Å². The van der Waals surface area contributed by atoms with Gasteiger partial charge in [0.1, 0.15) is 0 Å². The van der Waals surface area contributed by atoms with Gasteiger partial charge in [0, 0.05) is 20.0 Å². The van der Waals surface area contributed by atoms with E-state index in [1.165, 1.54) is 12.0 Å². The predicted octanol–water partition coefficient (Wildman–Crippen LogP) is 7.35. The van der Waals surface area contributed by atoms with Crippen LogP contribution in [0.15, 0.2) is 0 Å². The second kappa shape index (κ2) is 24.6. The molecule has 0 aliphatic rings. The van der Waals surface area contributed by atoms with Crippen LogP contribution < -0.4 is 0 Å². The second-order valence-electron chi connectivity index (χ2n) is 11.5. The Kier molecular flexibility index (Phi) is 24.7. The number of ether oxygens (including phenoxy) is 6. The maximum Gasteiger partial charge on any atom is 0.0736 e. The fraction of sp³-hybridized carbons (Fsp3) is 1.00. The fourth-order valence-corrected chi connectivity index (χ4v) is 4.94. The summed E-state index contributed by atoms with van der Waals surface area (Å²) in [5.74, 6) is 0.884. The van der Waals surface area contributed by atoms with Gasteiger partial charge < -0.3 is 32.6 Å². The largest absolute Gasteiger partial charge is 0.384 e. The minimum Gasteiger partial charge on any atom is -0.384 e. The van der Waals surface area contributed by atoms with Crippen LogP contribution in [0.2, 0.25) is 0 Å². The molecule has 236 valence electrons. The van der Waals surface area contributed by atoms with E-state index < -0.39 is 10.8 Å². The highest BCUT2D eigenvalue weighted by atomic mass is 32.2. The summed E-state index contributed by atoms with van der Waals surface area (Å²) < 4.78 is 42.9. The highest BCUT2D eigenvalue weighted by Gasteiger charge is 2.37. The Morgan fingerprint density at radius 3 is 1.36 bits per heavy atom. The first-order valence-electron chi connectivity index (χ1n) is 15.4. The molecule has 0 amide bonds. The van der Waals surface area contributed by atoms with Crippen molar-refractivity contribution in [3.63, 3.8) is 0 Å². The van der Waals surface area contributed by atoms with Crippen LogP contribution >= 0.6 is 12.0 Å². The van der Waals surface area contributed by atoms with Crippen molar-refractivity contribution in [2.75, 3.05) is 72.8 Å². The Labute approximate surface area is 246 Å². The molecule has 0 aliphatic carbocycles. The lowest BCUT2D eigenvalue weighted by atomic mass is 9.90. The van der Waals surface area contributed by atoms with E-state index in [-0.39, 0.29) is 18.3 Å². The molecule has 0 aromatic heterocycles. The van der Waals surface area contributed by atoms with Gasteiger partial charge in [-0.05, 0) is 52.1 Å². The van der Waals surface area contributed by atoms with Crippen molar-refractivity contribution in [2.45, 2.75) is 118 Å². The van der Waals surface area contributed by atoms with Crippen molar-refractivity contribution in [3.8, 4) is 0 Å². The maximum atomic E-state index is 6.53. The average molecular weight is 581 g/mol. The Balaban J connectivity index is 5.64. The molecule has 4 unspecified atom stereocenters. The van der Waals surface area contributed by atoms with Gasteiger partial charge in [0.15, 0.2) is 0 Å². The third kappa shape index (κ3) is 19.0. The Morgan fingerprint density at radius 1 is 0.538 bits per heavy atom. The number of rotatable bonds is 29. The zero-order valence-electron chi connectivity index (χ0n) is 27.0. The van der Waals surface area contributed by atoms with Crippen LogP contribution in [0.3, 0.4) is 0 Å². The lowest BCUT2D eigenvalue weighted by Gasteiger charge is -2.37. The molecule has 4 atom stereocenters. The molecule has 8 heteroatoms. The predicted molar refractivity (Wildman–Crippen MR) is 164 cm³/mol. The number of unbranched alkanes of at least 4 members (excludes halogenated alkanes) is 2. The van der Waals surface area contributed by atoms with E-state index in [0.29, 0.717) is 52.9 Å². The summed E-state index contributed by atoms with van der Waals surface area (Å²) in [6.07, 6.45) is 9.38. The third-order valence-corrected chi connectivity index (χ3v) is 7.45. The van der Waals surface area contributed by atoms with Gasteiger partial charge in [-0.3, -0.25) is 0 Å². The normalized spacial score (nSPS) is 17.5. The van der Waals surface area contributed by atoms with Crippen LogP contribution in [0.1, 0.15) is 99.8 Å². The zero-order chi connectivity index (χ0) is 29.4. The summed E-state index contributed by atoms with van der Waals surface area (Å²) in [5, 5.41) is 0. The van der Waals surface area contributed by atoms with Gasteiger partial charge in [0.25, 0.3) is 0 Å². The number of hydrogen-bond acceptors (Lipinski definition) is 8. The third-order valence-electron chi connectivity index (χ3n) is 6.93. The molecular formula is C31H64O7S. The summed E-state index contributed by atoms with van der Waals surface area (Å²) >= 11 is 1.46. The van der Waals surface area contributed by atoms with Gasteiger partial charge in [-0.2, -0.15) is 0 Å². The van der Waals surface area contributed by atoms with E-state index in [1.807, 2.05) is 0 Å². The van der Waals surface area contributed by atoms with Crippen molar-refractivity contribution in [1.29, 1.82) is 0 Å². The zero-order valence-corrected chi connectivity index (χ0v) is 27.8. The minimum atomic E-state index is -0.414. The maximum absolute atomic E-state index is 6.53. The SMILES string of the molecule is CCCCC(C)OCC(COC)(COCC(COC)(COSCC)COC(C)CCC)COC(C)CCCC. The monoisotopic (exact) mass is 580 g/mol. The summed E-state index contributed by atoms with van der Waals surface area (Å²) in [6, 6.07) is 0. The molecule has 0 radical (unpaired) electrons. The second-order valence-corrected chi connectivity index (χ2v) is 12.5. The van der Waals surface area contributed by atoms with E-state index >= 15 is 0 Å². The number of methoxy groups -OCH3 is 2. The van der Waals surface area contributed by atoms with Gasteiger partial charge in [0.05, 0.1) is 82.0 Å². The molecule has 0 N–H and O–H groups in total. The molecule has 7 nitrogen and oxygen atoms in total. The molecule has 0 saturated heterocycles. The molecule has 0 fully saturated rings. The molecular weight excluding hydrogens is 516 g/mol. The standard InChI is InChI=1S/C31H64O7S/c1-10-14-17-28(6)36-23-30(19-32-8,24-37-29(7)18-15-11-2)21-34-22-31(20-33-9,26-38-39-13-4)25-35-27(5)16-12-3/h27-29H,10-26H2,1-9H3. The highest BCUT2D eigenvalue weighted by Crippen LogP contribution is 2.28. The van der Waals surface area contributed by atoms with Gasteiger partial charge >= 0.3 is 0 Å². The van der Waals surface area contributed by atoms with Crippen LogP contribution in [0.25, 0.3) is 0 Å². The van der Waals surface area contributed by atoms with Crippen molar-refractivity contribution < 1.29 is 32.6 Å². The molecule has 0 bridgehead atoms. The van der Waals surface area contributed by atoms with E-state index in [0.717, 1.165) is 57.1 Å². The summed E-state index contributed by atoms with van der Waals surface area (Å²) in [4.78, 5) is 0. The summed E-state index contributed by atoms with van der Waals surface area (Å²) in [6.45, 7) is 19.1. The quantitative estimate of drug-likeness (QED) is 0.0672. The van der Waals surface area contributed by atoms with E-state index in [9.17, 15) is 0 Å². The molecule has 0 saturated carbocycles. The van der Waals surface area contributed by atoms with Crippen LogP contribution in [-0.2, 0) is 32.6 Å². The van der Waals surface area contributed by atoms with Crippen molar-refractivity contribution in [1.82, 2.24) is 0 Å². The molecule has 0 aromatic rings. The van der Waals surface area contributed by atoms with E-state index in [4.69, 9.17) is 32.6 Å². The minimum absolute atomic E-state index is 0.175. The van der Waals surface area contributed by atoms with Crippen LogP contribution in [0, 0.1) is 10.8 Å². The molecule has 0 aromatic carbocycles. The molecule has 0 aliphatic heterocycles. The van der Waals surface area contributed by atoms with Gasteiger partial charge in [-0.15, -0.1) is 0 Å². The molecule has 0 spiro atoms. The highest BCUT2D eigenvalue weighted by molar-refractivity contribution is 7.94. The first kappa shape index (κ1) is 39.1. The molecule has 39 heavy (non-hydrogen) atoms. The van der Waals surface area contributed by atoms with Gasteiger partial charge in [-0.1, -0.05) is 59.8 Å². The fourth-order valence-electron chi connectivity index (χ4n) is 4.44. The Morgan fingerprint density at radius 2 is 0.974 bits per heavy atom. The first-order chi connectivity index (χ1) is 18.8. The summed E-state index contributed by atoms with van der Waals surface area (Å²) in [7, 11) is 3.47. The lowest BCUT2D eigenvalue weighted by molar-refractivity contribution is -0.145. The Hall–Kier alpha value is 0.0700. The smallest absolute Gasteiger partial charge is 0.0736 e.